The normalized spacial score (nSPS) is 14.6. The molecule has 0 aliphatic heterocycles. The van der Waals surface area contributed by atoms with Gasteiger partial charge in [0.05, 0.1) is 11.8 Å². The maximum Gasteiger partial charge on any atom is 0.124 e. The Hall–Kier alpha value is -2.03. The molecular formula is C14H14N2O. The molecule has 1 aromatic carbocycles. The standard InChI is InChI=1S/C14H14N2O/c15-14-6-2-5-13(16-14)10-3-1-4-12(9-10)17-11-7-8-11/h1-6,9,11H,7-8H2,(H2,15,16). The third kappa shape index (κ3) is 2.38. The van der Waals surface area contributed by atoms with Crippen molar-refractivity contribution in [3.63, 3.8) is 0 Å². The van der Waals surface area contributed by atoms with Crippen molar-refractivity contribution in [2.24, 2.45) is 0 Å². The lowest BCUT2D eigenvalue weighted by molar-refractivity contribution is 0.303. The molecule has 1 saturated carbocycles. The summed E-state index contributed by atoms with van der Waals surface area (Å²) in [6.07, 6.45) is 2.75. The maximum absolute atomic E-state index is 5.76. The topological polar surface area (TPSA) is 48.1 Å². The van der Waals surface area contributed by atoms with Crippen molar-refractivity contribution in [2.45, 2.75) is 18.9 Å². The summed E-state index contributed by atoms with van der Waals surface area (Å²) in [5.41, 5.74) is 7.60. The van der Waals surface area contributed by atoms with Crippen LogP contribution in [0.3, 0.4) is 0 Å². The highest BCUT2D eigenvalue weighted by molar-refractivity contribution is 5.62. The lowest BCUT2D eigenvalue weighted by atomic mass is 10.1. The van der Waals surface area contributed by atoms with Gasteiger partial charge in [-0.15, -0.1) is 0 Å². The summed E-state index contributed by atoms with van der Waals surface area (Å²) in [5.74, 6) is 1.45. The molecule has 0 spiro atoms. The molecule has 1 aliphatic rings. The fourth-order valence-electron chi connectivity index (χ4n) is 1.72. The van der Waals surface area contributed by atoms with Gasteiger partial charge >= 0.3 is 0 Å². The molecule has 0 saturated heterocycles. The van der Waals surface area contributed by atoms with Gasteiger partial charge in [-0.25, -0.2) is 4.98 Å². The monoisotopic (exact) mass is 226 g/mol. The van der Waals surface area contributed by atoms with Crippen LogP contribution in [-0.2, 0) is 0 Å². The number of ether oxygens (including phenoxy) is 1. The molecular weight excluding hydrogens is 212 g/mol. The molecule has 0 radical (unpaired) electrons. The van der Waals surface area contributed by atoms with E-state index in [2.05, 4.69) is 4.98 Å². The van der Waals surface area contributed by atoms with E-state index >= 15 is 0 Å². The van der Waals surface area contributed by atoms with E-state index in [0.717, 1.165) is 17.0 Å². The highest BCUT2D eigenvalue weighted by atomic mass is 16.5. The molecule has 1 fully saturated rings. The maximum atomic E-state index is 5.76. The van der Waals surface area contributed by atoms with Gasteiger partial charge in [0.2, 0.25) is 0 Å². The van der Waals surface area contributed by atoms with Crippen molar-refractivity contribution >= 4 is 5.82 Å². The summed E-state index contributed by atoms with van der Waals surface area (Å²) in [5, 5.41) is 0. The minimum Gasteiger partial charge on any atom is -0.490 e. The summed E-state index contributed by atoms with van der Waals surface area (Å²) in [7, 11) is 0. The van der Waals surface area contributed by atoms with Crippen LogP contribution >= 0.6 is 0 Å². The Morgan fingerprint density at radius 2 is 1.94 bits per heavy atom. The number of benzene rings is 1. The molecule has 86 valence electrons. The largest absolute Gasteiger partial charge is 0.490 e. The number of pyridine rings is 1. The van der Waals surface area contributed by atoms with Gasteiger partial charge in [-0.2, -0.15) is 0 Å². The summed E-state index contributed by atoms with van der Waals surface area (Å²) in [6, 6.07) is 13.6. The molecule has 3 nitrogen and oxygen atoms in total. The Kier molecular flexibility index (Phi) is 2.44. The summed E-state index contributed by atoms with van der Waals surface area (Å²) in [4.78, 5) is 4.30. The second kappa shape index (κ2) is 4.09. The predicted octanol–water partition coefficient (Wildman–Crippen LogP) is 2.87. The van der Waals surface area contributed by atoms with E-state index in [0.29, 0.717) is 11.9 Å². The van der Waals surface area contributed by atoms with Crippen molar-refractivity contribution in [3.8, 4) is 17.0 Å². The average Bonchev–Trinajstić information content (AvgIpc) is 3.13. The average molecular weight is 226 g/mol. The van der Waals surface area contributed by atoms with Crippen LogP contribution in [0.1, 0.15) is 12.8 Å². The van der Waals surface area contributed by atoms with Gasteiger partial charge in [0.1, 0.15) is 11.6 Å². The molecule has 1 aromatic heterocycles. The second-order valence-corrected chi connectivity index (χ2v) is 4.29. The molecule has 2 aromatic rings. The number of nitrogens with zero attached hydrogens (tertiary/aromatic N) is 1. The van der Waals surface area contributed by atoms with Gasteiger partial charge in [-0.3, -0.25) is 0 Å². The molecule has 17 heavy (non-hydrogen) atoms. The van der Waals surface area contributed by atoms with Gasteiger partial charge in [0.25, 0.3) is 0 Å². The zero-order valence-electron chi connectivity index (χ0n) is 9.47. The van der Waals surface area contributed by atoms with Crippen LogP contribution in [0.15, 0.2) is 42.5 Å². The third-order valence-corrected chi connectivity index (χ3v) is 2.73. The minimum atomic E-state index is 0.416. The van der Waals surface area contributed by atoms with Crippen molar-refractivity contribution < 1.29 is 4.74 Å². The first-order valence-electron chi connectivity index (χ1n) is 5.81. The minimum absolute atomic E-state index is 0.416. The molecule has 0 unspecified atom stereocenters. The molecule has 0 amide bonds. The Bertz CT molecular complexity index is 535. The van der Waals surface area contributed by atoms with Crippen LogP contribution in [0, 0.1) is 0 Å². The first-order valence-corrected chi connectivity index (χ1v) is 5.81. The zero-order valence-corrected chi connectivity index (χ0v) is 9.47. The van der Waals surface area contributed by atoms with Crippen molar-refractivity contribution in [1.29, 1.82) is 0 Å². The number of hydrogen-bond acceptors (Lipinski definition) is 3. The second-order valence-electron chi connectivity index (χ2n) is 4.29. The first kappa shape index (κ1) is 10.1. The smallest absolute Gasteiger partial charge is 0.124 e. The number of aromatic nitrogens is 1. The Balaban J connectivity index is 1.91. The Morgan fingerprint density at radius 1 is 1.12 bits per heavy atom. The highest BCUT2D eigenvalue weighted by Crippen LogP contribution is 2.29. The number of hydrogen-bond donors (Lipinski definition) is 1. The van der Waals surface area contributed by atoms with Gasteiger partial charge in [-0.1, -0.05) is 18.2 Å². The van der Waals surface area contributed by atoms with Crippen LogP contribution < -0.4 is 10.5 Å². The quantitative estimate of drug-likeness (QED) is 0.875. The highest BCUT2D eigenvalue weighted by Gasteiger charge is 2.23. The van der Waals surface area contributed by atoms with E-state index in [4.69, 9.17) is 10.5 Å². The van der Waals surface area contributed by atoms with Gasteiger partial charge in [0.15, 0.2) is 0 Å². The van der Waals surface area contributed by atoms with E-state index in [1.807, 2.05) is 36.4 Å². The van der Waals surface area contributed by atoms with E-state index in [9.17, 15) is 0 Å². The molecule has 0 atom stereocenters. The van der Waals surface area contributed by atoms with Crippen LogP contribution in [0.25, 0.3) is 11.3 Å². The van der Waals surface area contributed by atoms with Gasteiger partial charge < -0.3 is 10.5 Å². The van der Waals surface area contributed by atoms with Crippen LogP contribution in [0.2, 0.25) is 0 Å². The zero-order chi connectivity index (χ0) is 11.7. The molecule has 0 bridgehead atoms. The predicted molar refractivity (Wildman–Crippen MR) is 67.7 cm³/mol. The lowest BCUT2D eigenvalue weighted by Gasteiger charge is -2.06. The van der Waals surface area contributed by atoms with Crippen molar-refractivity contribution in [2.75, 3.05) is 5.73 Å². The lowest BCUT2D eigenvalue weighted by Crippen LogP contribution is -1.96. The third-order valence-electron chi connectivity index (χ3n) is 2.73. The summed E-state index contributed by atoms with van der Waals surface area (Å²) >= 11 is 0. The molecule has 1 heterocycles. The molecule has 2 N–H and O–H groups in total. The summed E-state index contributed by atoms with van der Waals surface area (Å²) in [6.45, 7) is 0. The van der Waals surface area contributed by atoms with E-state index in [1.54, 1.807) is 6.07 Å². The number of nitrogens with two attached hydrogens (primary N) is 1. The van der Waals surface area contributed by atoms with Crippen LogP contribution in [0.4, 0.5) is 5.82 Å². The van der Waals surface area contributed by atoms with E-state index < -0.39 is 0 Å². The van der Waals surface area contributed by atoms with Crippen molar-refractivity contribution in [1.82, 2.24) is 4.98 Å². The SMILES string of the molecule is Nc1cccc(-c2cccc(OC3CC3)c2)n1. The molecule has 3 rings (SSSR count). The number of anilines is 1. The first-order chi connectivity index (χ1) is 8.31. The Labute approximate surface area is 100 Å². The van der Waals surface area contributed by atoms with Crippen molar-refractivity contribution in [3.05, 3.63) is 42.5 Å². The van der Waals surface area contributed by atoms with Gasteiger partial charge in [-0.05, 0) is 37.1 Å². The fraction of sp³-hybridized carbons (Fsp3) is 0.214. The van der Waals surface area contributed by atoms with Gasteiger partial charge in [0, 0.05) is 5.56 Å². The molecule has 1 aliphatic carbocycles. The van der Waals surface area contributed by atoms with E-state index in [-0.39, 0.29) is 0 Å². The summed E-state index contributed by atoms with van der Waals surface area (Å²) < 4.78 is 5.76. The Morgan fingerprint density at radius 3 is 2.71 bits per heavy atom. The fourth-order valence-corrected chi connectivity index (χ4v) is 1.72. The number of rotatable bonds is 3. The van der Waals surface area contributed by atoms with Crippen LogP contribution in [0.5, 0.6) is 5.75 Å². The van der Waals surface area contributed by atoms with E-state index in [1.165, 1.54) is 12.8 Å². The number of nitrogen functional groups attached to an aromatic ring is 1. The van der Waals surface area contributed by atoms with Crippen LogP contribution in [-0.4, -0.2) is 11.1 Å². The molecule has 3 heteroatoms.